The highest BCUT2D eigenvalue weighted by atomic mass is 19.1. The van der Waals surface area contributed by atoms with E-state index in [4.69, 9.17) is 4.98 Å². The number of rotatable bonds is 4. The van der Waals surface area contributed by atoms with Gasteiger partial charge in [-0.25, -0.2) is 23.1 Å². The molecule has 1 saturated heterocycles. The summed E-state index contributed by atoms with van der Waals surface area (Å²) in [5.74, 6) is -1.22. The fraction of sp³-hybridized carbons (Fsp3) is 0.364. The molecule has 0 aliphatic carbocycles. The van der Waals surface area contributed by atoms with Crippen molar-refractivity contribution in [3.05, 3.63) is 88.1 Å². The van der Waals surface area contributed by atoms with Crippen LogP contribution in [0.4, 0.5) is 14.6 Å². The lowest BCUT2D eigenvalue weighted by atomic mass is 10.0. The van der Waals surface area contributed by atoms with E-state index in [9.17, 15) is 9.59 Å². The van der Waals surface area contributed by atoms with Crippen molar-refractivity contribution in [2.45, 2.75) is 52.1 Å². The van der Waals surface area contributed by atoms with E-state index < -0.39 is 17.3 Å². The summed E-state index contributed by atoms with van der Waals surface area (Å²) >= 11 is 0. The van der Waals surface area contributed by atoms with Crippen LogP contribution in [0.2, 0.25) is 0 Å². The number of benzene rings is 1. The third-order valence-electron chi connectivity index (χ3n) is 8.43. The number of nitrogens with zero attached hydrogens (tertiary/aromatic N) is 6. The van der Waals surface area contributed by atoms with Gasteiger partial charge in [-0.1, -0.05) is 32.1 Å². The minimum atomic E-state index is -0.722. The van der Waals surface area contributed by atoms with Crippen LogP contribution in [0.5, 0.6) is 0 Å². The van der Waals surface area contributed by atoms with Crippen LogP contribution in [0.15, 0.2) is 54.0 Å². The Morgan fingerprint density at radius 1 is 1.16 bits per heavy atom. The Bertz CT molecular complexity index is 1820. The molecule has 2 bridgehead atoms. The second-order valence-electron chi connectivity index (χ2n) is 11.3. The van der Waals surface area contributed by atoms with Crippen LogP contribution in [0.25, 0.3) is 28.0 Å². The minimum absolute atomic E-state index is 0.0566. The lowest BCUT2D eigenvalue weighted by Gasteiger charge is -2.40. The number of carbonyl (C=O) groups is 1. The first-order chi connectivity index (χ1) is 21.3. The Hall–Kier alpha value is -4.51. The molecule has 5 heterocycles. The van der Waals surface area contributed by atoms with Gasteiger partial charge < -0.3 is 15.1 Å². The van der Waals surface area contributed by atoms with E-state index in [0.717, 1.165) is 24.1 Å². The number of anilines is 1. The largest absolute Gasteiger partial charge is 0.355 e. The Labute approximate surface area is 254 Å². The third-order valence-corrected chi connectivity index (χ3v) is 8.43. The first-order valence-electron chi connectivity index (χ1n) is 15.1. The van der Waals surface area contributed by atoms with Crippen molar-refractivity contribution in [3.8, 4) is 16.9 Å². The molecular formula is C33H35F2N7O2. The lowest BCUT2D eigenvalue weighted by molar-refractivity contribution is -0.126. The summed E-state index contributed by atoms with van der Waals surface area (Å²) in [5, 5.41) is 3.68. The molecule has 0 saturated carbocycles. The predicted molar refractivity (Wildman–Crippen MR) is 166 cm³/mol. The van der Waals surface area contributed by atoms with E-state index in [1.54, 1.807) is 23.2 Å². The van der Waals surface area contributed by atoms with E-state index in [0.29, 0.717) is 62.2 Å². The molecule has 0 radical (unpaired) electrons. The first-order valence-corrected chi connectivity index (χ1v) is 15.1. The smallest absolute Gasteiger partial charge is 0.350 e. The SMILES string of the molecule is C=CC(=O)N1CCN(c2nc(=O)n3c4nc(c(F)cc24)-c2c(F)cccc2CNCCCc2ccnc(CCC)c2-3)[C@@H](C)C1. The highest BCUT2D eigenvalue weighted by Crippen LogP contribution is 2.35. The molecule has 1 amide bonds. The molecular weight excluding hydrogens is 564 g/mol. The number of nitrogens with one attached hydrogen (secondary N) is 1. The number of halogens is 2. The molecule has 1 aromatic carbocycles. The van der Waals surface area contributed by atoms with Gasteiger partial charge in [-0.15, -0.1) is 0 Å². The molecule has 6 rings (SSSR count). The standard InChI is InChI=1S/C33H35F2N7O2/c1-4-8-26-30-21(12-14-37-26)10-7-13-36-18-22-9-6-11-24(34)28(22)29-25(35)17-23-31(39-33(44)42(30)32(23)38-29)41-16-15-40(19-20(41)3)27(43)5-2/h5-6,9,11-12,14,17,20,36H,2,4,7-8,10,13,15-16,18-19H2,1,3H3/t20-/m0/s1. The summed E-state index contributed by atoms with van der Waals surface area (Å²) < 4.78 is 33.1. The molecule has 44 heavy (non-hydrogen) atoms. The van der Waals surface area contributed by atoms with Gasteiger partial charge in [0.2, 0.25) is 5.91 Å². The van der Waals surface area contributed by atoms with Crippen LogP contribution in [-0.4, -0.2) is 62.5 Å². The van der Waals surface area contributed by atoms with Crippen molar-refractivity contribution in [3.63, 3.8) is 0 Å². The van der Waals surface area contributed by atoms with Crippen molar-refractivity contribution in [1.29, 1.82) is 0 Å². The van der Waals surface area contributed by atoms with Crippen LogP contribution >= 0.6 is 0 Å². The van der Waals surface area contributed by atoms with Gasteiger partial charge in [0.1, 0.15) is 23.1 Å². The fourth-order valence-electron chi connectivity index (χ4n) is 6.35. The molecule has 3 aromatic heterocycles. The highest BCUT2D eigenvalue weighted by molar-refractivity contribution is 5.91. The third kappa shape index (κ3) is 5.25. The second-order valence-corrected chi connectivity index (χ2v) is 11.3. The van der Waals surface area contributed by atoms with Gasteiger partial charge >= 0.3 is 5.69 Å². The number of piperazine rings is 1. The van der Waals surface area contributed by atoms with E-state index in [2.05, 4.69) is 21.9 Å². The number of fused-ring (bicyclic) bond motifs is 5. The van der Waals surface area contributed by atoms with Crippen molar-refractivity contribution in [1.82, 2.24) is 29.7 Å². The Kier molecular flexibility index (Phi) is 8.22. The molecule has 11 heteroatoms. The molecule has 2 aliphatic rings. The average Bonchev–Trinajstić information content (AvgIpc) is 3.02. The number of aromatic nitrogens is 4. The molecule has 1 atom stereocenters. The van der Waals surface area contributed by atoms with Gasteiger partial charge in [0.15, 0.2) is 5.65 Å². The normalized spacial score (nSPS) is 17.0. The van der Waals surface area contributed by atoms with Crippen molar-refractivity contribution in [2.75, 3.05) is 31.1 Å². The number of amides is 1. The molecule has 0 unspecified atom stereocenters. The summed E-state index contributed by atoms with van der Waals surface area (Å²) in [6.07, 6.45) is 5.83. The number of hydrogen-bond acceptors (Lipinski definition) is 7. The highest BCUT2D eigenvalue weighted by Gasteiger charge is 2.31. The molecule has 9 nitrogen and oxygen atoms in total. The summed E-state index contributed by atoms with van der Waals surface area (Å²) in [7, 11) is 0. The maximum absolute atomic E-state index is 16.2. The predicted octanol–water partition coefficient (Wildman–Crippen LogP) is 4.33. The number of hydrogen-bond donors (Lipinski definition) is 1. The van der Waals surface area contributed by atoms with E-state index in [-0.39, 0.29) is 34.7 Å². The van der Waals surface area contributed by atoms with E-state index in [1.807, 2.05) is 24.8 Å². The zero-order chi connectivity index (χ0) is 31.0. The molecule has 228 valence electrons. The number of aryl methyl sites for hydroxylation is 2. The van der Waals surface area contributed by atoms with Gasteiger partial charge in [-0.05, 0) is 68.1 Å². The Morgan fingerprint density at radius 2 is 2.00 bits per heavy atom. The zero-order valence-corrected chi connectivity index (χ0v) is 24.9. The summed E-state index contributed by atoms with van der Waals surface area (Å²) in [6.45, 7) is 9.65. The van der Waals surface area contributed by atoms with Crippen molar-refractivity contribution < 1.29 is 13.6 Å². The molecule has 0 spiro atoms. The molecule has 1 N–H and O–H groups in total. The summed E-state index contributed by atoms with van der Waals surface area (Å²) in [4.78, 5) is 44.0. The fourth-order valence-corrected chi connectivity index (χ4v) is 6.35. The average molecular weight is 600 g/mol. The van der Waals surface area contributed by atoms with Crippen LogP contribution < -0.4 is 15.9 Å². The minimum Gasteiger partial charge on any atom is -0.350 e. The van der Waals surface area contributed by atoms with Gasteiger partial charge in [-0.3, -0.25) is 9.78 Å². The second kappa shape index (κ2) is 12.2. The van der Waals surface area contributed by atoms with Crippen LogP contribution in [0.3, 0.4) is 0 Å². The molecule has 2 aliphatic heterocycles. The Balaban J connectivity index is 1.67. The Morgan fingerprint density at radius 3 is 2.77 bits per heavy atom. The van der Waals surface area contributed by atoms with Crippen molar-refractivity contribution >= 4 is 22.8 Å². The van der Waals surface area contributed by atoms with E-state index in [1.165, 1.54) is 22.8 Å². The maximum Gasteiger partial charge on any atom is 0.355 e. The van der Waals surface area contributed by atoms with Crippen LogP contribution in [-0.2, 0) is 24.2 Å². The number of carbonyl (C=O) groups excluding carboxylic acids is 1. The van der Waals surface area contributed by atoms with Crippen LogP contribution in [0, 0.1) is 11.6 Å². The van der Waals surface area contributed by atoms with E-state index >= 15 is 8.78 Å². The zero-order valence-electron chi connectivity index (χ0n) is 24.9. The molecule has 1 fully saturated rings. The summed E-state index contributed by atoms with van der Waals surface area (Å²) in [6, 6.07) is 7.62. The quantitative estimate of drug-likeness (QED) is 0.349. The van der Waals surface area contributed by atoms with Crippen molar-refractivity contribution in [2.24, 2.45) is 0 Å². The molecule has 4 aromatic rings. The maximum atomic E-state index is 16.2. The lowest BCUT2D eigenvalue weighted by Crippen LogP contribution is -2.54. The number of pyridine rings is 2. The van der Waals surface area contributed by atoms with Gasteiger partial charge in [0, 0.05) is 44.0 Å². The topological polar surface area (TPSA) is 96.3 Å². The van der Waals surface area contributed by atoms with Gasteiger partial charge in [-0.2, -0.15) is 4.98 Å². The first kappa shape index (κ1) is 29.6. The summed E-state index contributed by atoms with van der Waals surface area (Å²) in [5.41, 5.74) is 2.27. The van der Waals surface area contributed by atoms with Gasteiger partial charge in [0.25, 0.3) is 0 Å². The monoisotopic (exact) mass is 599 g/mol. The van der Waals surface area contributed by atoms with Crippen LogP contribution in [0.1, 0.15) is 43.5 Å². The van der Waals surface area contributed by atoms with Gasteiger partial charge in [0.05, 0.1) is 16.8 Å².